The van der Waals surface area contributed by atoms with Gasteiger partial charge in [-0.1, -0.05) is 0 Å². The molecule has 0 bridgehead atoms. The van der Waals surface area contributed by atoms with E-state index in [1.165, 1.54) is 54.9 Å². The topological polar surface area (TPSA) is 130 Å². The van der Waals surface area contributed by atoms with Crippen molar-refractivity contribution in [2.75, 3.05) is 10.0 Å². The zero-order valence-electron chi connectivity index (χ0n) is 15.8. The van der Waals surface area contributed by atoms with Crippen molar-refractivity contribution in [2.45, 2.75) is 4.90 Å². The lowest BCUT2D eigenvalue weighted by atomic mass is 10.1. The van der Waals surface area contributed by atoms with Crippen molar-refractivity contribution in [2.24, 2.45) is 0 Å². The van der Waals surface area contributed by atoms with Gasteiger partial charge >= 0.3 is 0 Å². The number of nitrogens with zero attached hydrogens (tertiary/aromatic N) is 3. The van der Waals surface area contributed by atoms with Crippen LogP contribution in [0.15, 0.2) is 78.0 Å². The van der Waals surface area contributed by atoms with E-state index in [0.29, 0.717) is 16.9 Å². The lowest BCUT2D eigenvalue weighted by molar-refractivity contribution is 0.102. The molecule has 0 saturated heterocycles. The Balaban J connectivity index is 1.44. The molecule has 2 aromatic heterocycles. The lowest BCUT2D eigenvalue weighted by Gasteiger charge is -2.08. The summed E-state index contributed by atoms with van der Waals surface area (Å²) in [5.74, 6) is -0.877. The fourth-order valence-electron chi connectivity index (χ4n) is 2.65. The number of halogens is 1. The van der Waals surface area contributed by atoms with E-state index < -0.39 is 15.9 Å². The number of hydrogen-bond donors (Lipinski definition) is 3. The molecule has 156 valence electrons. The van der Waals surface area contributed by atoms with Crippen LogP contribution in [0.25, 0.3) is 11.3 Å². The molecule has 0 unspecified atom stereocenters. The Hall–Kier alpha value is -4.12. The summed E-state index contributed by atoms with van der Waals surface area (Å²) in [6, 6.07) is 14.4. The number of nitrogens with one attached hydrogen (secondary N) is 3. The van der Waals surface area contributed by atoms with E-state index >= 15 is 0 Å². The summed E-state index contributed by atoms with van der Waals surface area (Å²) in [6.45, 7) is 0. The molecule has 31 heavy (non-hydrogen) atoms. The normalized spacial score (nSPS) is 11.1. The predicted octanol–water partition coefficient (Wildman–Crippen LogP) is 3.06. The summed E-state index contributed by atoms with van der Waals surface area (Å²) in [4.78, 5) is 20.1. The Morgan fingerprint density at radius 1 is 0.968 bits per heavy atom. The highest BCUT2D eigenvalue weighted by atomic mass is 32.2. The molecular formula is C20H15FN6O3S. The van der Waals surface area contributed by atoms with E-state index in [2.05, 4.69) is 30.2 Å². The van der Waals surface area contributed by atoms with Gasteiger partial charge in [0.15, 0.2) is 0 Å². The minimum atomic E-state index is -3.87. The molecule has 4 rings (SSSR count). The monoisotopic (exact) mass is 438 g/mol. The minimum absolute atomic E-state index is 0.0157. The van der Waals surface area contributed by atoms with Gasteiger partial charge < -0.3 is 5.32 Å². The van der Waals surface area contributed by atoms with Crippen LogP contribution in [-0.4, -0.2) is 34.5 Å². The van der Waals surface area contributed by atoms with Gasteiger partial charge in [0.1, 0.15) is 11.5 Å². The number of sulfonamides is 1. The molecule has 2 heterocycles. The van der Waals surface area contributed by atoms with Crippen LogP contribution in [-0.2, 0) is 10.0 Å². The summed E-state index contributed by atoms with van der Waals surface area (Å²) >= 11 is 0. The summed E-state index contributed by atoms with van der Waals surface area (Å²) in [6.07, 6.45) is 2.83. The van der Waals surface area contributed by atoms with Crippen molar-refractivity contribution >= 4 is 27.6 Å². The first kappa shape index (κ1) is 20.2. The predicted molar refractivity (Wildman–Crippen MR) is 111 cm³/mol. The molecule has 0 fully saturated rings. The Bertz CT molecular complexity index is 1310. The summed E-state index contributed by atoms with van der Waals surface area (Å²) in [5.41, 5.74) is 1.72. The zero-order valence-corrected chi connectivity index (χ0v) is 16.6. The van der Waals surface area contributed by atoms with E-state index in [1.54, 1.807) is 18.2 Å². The third kappa shape index (κ3) is 4.73. The van der Waals surface area contributed by atoms with Gasteiger partial charge in [-0.25, -0.2) is 27.5 Å². The molecule has 0 aliphatic heterocycles. The highest BCUT2D eigenvalue weighted by Gasteiger charge is 2.16. The van der Waals surface area contributed by atoms with E-state index in [1.807, 2.05) is 0 Å². The van der Waals surface area contributed by atoms with Crippen molar-refractivity contribution in [1.29, 1.82) is 0 Å². The molecule has 2 aromatic carbocycles. The van der Waals surface area contributed by atoms with Gasteiger partial charge in [0.25, 0.3) is 15.9 Å². The Labute approximate surface area is 176 Å². The van der Waals surface area contributed by atoms with E-state index in [0.717, 1.165) is 0 Å². The second-order valence-electron chi connectivity index (χ2n) is 6.33. The van der Waals surface area contributed by atoms with Crippen LogP contribution in [0.1, 0.15) is 10.5 Å². The quantitative estimate of drug-likeness (QED) is 0.424. The van der Waals surface area contributed by atoms with Crippen LogP contribution in [0.2, 0.25) is 0 Å². The van der Waals surface area contributed by atoms with Gasteiger partial charge in [0, 0.05) is 23.6 Å². The third-order valence-corrected chi connectivity index (χ3v) is 5.52. The van der Waals surface area contributed by atoms with Crippen LogP contribution in [0, 0.1) is 5.82 Å². The van der Waals surface area contributed by atoms with Gasteiger partial charge in [-0.3, -0.25) is 9.89 Å². The highest BCUT2D eigenvalue weighted by molar-refractivity contribution is 7.92. The number of aromatic amines is 1. The molecule has 0 atom stereocenters. The first-order valence-electron chi connectivity index (χ1n) is 8.93. The maximum Gasteiger partial charge on any atom is 0.273 e. The zero-order chi connectivity index (χ0) is 21.8. The van der Waals surface area contributed by atoms with Gasteiger partial charge in [-0.15, -0.1) is 0 Å². The molecule has 4 aromatic rings. The molecular weight excluding hydrogens is 423 g/mol. The second kappa shape index (κ2) is 8.32. The molecule has 9 nitrogen and oxygen atoms in total. The van der Waals surface area contributed by atoms with Crippen molar-refractivity contribution in [3.63, 3.8) is 0 Å². The number of anilines is 2. The minimum Gasteiger partial charge on any atom is -0.321 e. The van der Waals surface area contributed by atoms with Gasteiger partial charge in [0.05, 0.1) is 10.6 Å². The second-order valence-corrected chi connectivity index (χ2v) is 8.01. The van der Waals surface area contributed by atoms with Crippen LogP contribution in [0.3, 0.4) is 0 Å². The van der Waals surface area contributed by atoms with Crippen molar-refractivity contribution in [3.8, 4) is 11.3 Å². The molecule has 0 saturated carbocycles. The number of amides is 1. The SMILES string of the molecule is O=C(Nc1ccc(S(=O)(=O)Nc2ncccn2)cc1)c1cc(-c2ccc(F)cc2)n[nH]1. The molecule has 0 spiro atoms. The van der Waals surface area contributed by atoms with E-state index in [-0.39, 0.29) is 22.4 Å². The average molecular weight is 438 g/mol. The maximum atomic E-state index is 13.0. The number of carbonyl (C=O) groups is 1. The van der Waals surface area contributed by atoms with Gasteiger partial charge in [-0.2, -0.15) is 5.10 Å². The Morgan fingerprint density at radius 2 is 1.65 bits per heavy atom. The Morgan fingerprint density at radius 3 is 2.32 bits per heavy atom. The fourth-order valence-corrected chi connectivity index (χ4v) is 3.61. The fraction of sp³-hybridized carbons (Fsp3) is 0. The van der Waals surface area contributed by atoms with Crippen LogP contribution < -0.4 is 10.0 Å². The Kier molecular flexibility index (Phi) is 5.41. The molecule has 0 radical (unpaired) electrons. The standard InChI is InChI=1S/C20H15FN6O3S/c21-14-4-2-13(3-5-14)17-12-18(26-25-17)19(28)24-15-6-8-16(9-7-15)31(29,30)27-20-22-10-1-11-23-20/h1-12H,(H,24,28)(H,25,26)(H,22,23,27). The maximum absolute atomic E-state index is 13.0. The van der Waals surface area contributed by atoms with Crippen LogP contribution >= 0.6 is 0 Å². The van der Waals surface area contributed by atoms with Crippen molar-refractivity contribution in [1.82, 2.24) is 20.2 Å². The van der Waals surface area contributed by atoms with Crippen molar-refractivity contribution < 1.29 is 17.6 Å². The average Bonchev–Trinajstić information content (AvgIpc) is 3.25. The van der Waals surface area contributed by atoms with Crippen molar-refractivity contribution in [3.05, 3.63) is 84.6 Å². The van der Waals surface area contributed by atoms with Crippen LogP contribution in [0.4, 0.5) is 16.0 Å². The number of rotatable bonds is 6. The largest absolute Gasteiger partial charge is 0.321 e. The first-order valence-corrected chi connectivity index (χ1v) is 10.4. The number of carbonyl (C=O) groups excluding carboxylic acids is 1. The number of hydrogen-bond acceptors (Lipinski definition) is 6. The molecule has 0 aliphatic carbocycles. The first-order chi connectivity index (χ1) is 14.9. The third-order valence-electron chi connectivity index (χ3n) is 4.18. The van der Waals surface area contributed by atoms with Crippen LogP contribution in [0.5, 0.6) is 0 Å². The van der Waals surface area contributed by atoms with E-state index in [9.17, 15) is 17.6 Å². The lowest BCUT2D eigenvalue weighted by Crippen LogP contribution is -2.15. The smallest absolute Gasteiger partial charge is 0.273 e. The summed E-state index contributed by atoms with van der Waals surface area (Å²) in [7, 11) is -3.87. The van der Waals surface area contributed by atoms with Gasteiger partial charge in [-0.05, 0) is 60.7 Å². The molecule has 1 amide bonds. The summed E-state index contributed by atoms with van der Waals surface area (Å²) < 4.78 is 40.1. The highest BCUT2D eigenvalue weighted by Crippen LogP contribution is 2.20. The van der Waals surface area contributed by atoms with Gasteiger partial charge in [0.2, 0.25) is 5.95 Å². The number of benzene rings is 2. The summed E-state index contributed by atoms with van der Waals surface area (Å²) in [5, 5.41) is 9.33. The molecule has 3 N–H and O–H groups in total. The number of aromatic nitrogens is 4. The van der Waals surface area contributed by atoms with E-state index in [4.69, 9.17) is 0 Å². The number of H-pyrrole nitrogens is 1. The molecule has 0 aliphatic rings. The molecule has 11 heteroatoms.